The molecule has 2 aromatic carbocycles. The van der Waals surface area contributed by atoms with Crippen molar-refractivity contribution in [3.8, 4) is 11.5 Å². The lowest BCUT2D eigenvalue weighted by molar-refractivity contribution is -0.111. The highest BCUT2D eigenvalue weighted by Crippen LogP contribution is 2.35. The maximum atomic E-state index is 15.0. The van der Waals surface area contributed by atoms with E-state index in [0.717, 1.165) is 55.8 Å². The van der Waals surface area contributed by atoms with Gasteiger partial charge in [-0.2, -0.15) is 0 Å². The molecule has 2 aromatic heterocycles. The zero-order valence-electron chi connectivity index (χ0n) is 23.9. The highest BCUT2D eigenvalue weighted by Gasteiger charge is 2.28. The fraction of sp³-hybridized carbons (Fsp3) is 0.267. The Morgan fingerprint density at radius 1 is 1.05 bits per heavy atom. The molecule has 0 saturated carbocycles. The van der Waals surface area contributed by atoms with Gasteiger partial charge in [-0.15, -0.1) is 11.3 Å². The van der Waals surface area contributed by atoms with Gasteiger partial charge in [0.05, 0.1) is 46.9 Å². The maximum absolute atomic E-state index is 15.0. The van der Waals surface area contributed by atoms with Gasteiger partial charge < -0.3 is 29.9 Å². The molecule has 10 nitrogen and oxygen atoms in total. The molecule has 0 spiro atoms. The van der Waals surface area contributed by atoms with Crippen LogP contribution in [0.3, 0.4) is 0 Å². The number of piperazine rings is 1. The molecule has 43 heavy (non-hydrogen) atoms. The molecule has 13 heteroatoms. The van der Waals surface area contributed by atoms with Crippen LogP contribution in [-0.4, -0.2) is 73.5 Å². The minimum atomic E-state index is -1.12. The predicted octanol–water partition coefficient (Wildman–Crippen LogP) is 5.23. The number of ketones is 1. The smallest absolute Gasteiger partial charge is 0.247 e. The van der Waals surface area contributed by atoms with Gasteiger partial charge in [0.25, 0.3) is 0 Å². The summed E-state index contributed by atoms with van der Waals surface area (Å²) in [6.07, 6.45) is 2.70. The number of nitrogens with zero attached hydrogens (tertiary/aromatic N) is 4. The molecular weight excluding hydrogens is 578 g/mol. The fourth-order valence-corrected chi connectivity index (χ4v) is 5.70. The Morgan fingerprint density at radius 2 is 1.74 bits per heavy atom. The molecule has 224 valence electrons. The third kappa shape index (κ3) is 6.13. The number of hydrogen-bond donors (Lipinski definition) is 2. The fourth-order valence-electron chi connectivity index (χ4n) is 4.79. The number of methoxy groups -OCH3 is 2. The van der Waals surface area contributed by atoms with Crippen LogP contribution in [0.25, 0.3) is 10.2 Å². The summed E-state index contributed by atoms with van der Waals surface area (Å²) in [5.74, 6) is -3.94. The number of anilines is 4. The summed E-state index contributed by atoms with van der Waals surface area (Å²) in [6.45, 7) is 10.3. The van der Waals surface area contributed by atoms with Gasteiger partial charge in [0, 0.05) is 37.9 Å². The van der Waals surface area contributed by atoms with Gasteiger partial charge >= 0.3 is 0 Å². The van der Waals surface area contributed by atoms with Crippen LogP contribution in [0.5, 0.6) is 11.5 Å². The Labute approximate surface area is 250 Å². The number of hydrogen-bond acceptors (Lipinski definition) is 10. The van der Waals surface area contributed by atoms with Gasteiger partial charge in [-0.3, -0.25) is 9.59 Å². The van der Waals surface area contributed by atoms with Crippen molar-refractivity contribution in [2.45, 2.75) is 6.92 Å². The van der Waals surface area contributed by atoms with Crippen LogP contribution in [0.15, 0.2) is 49.2 Å². The van der Waals surface area contributed by atoms with Crippen molar-refractivity contribution in [3.05, 3.63) is 71.3 Å². The molecule has 0 unspecified atom stereocenters. The predicted molar refractivity (Wildman–Crippen MR) is 163 cm³/mol. The first-order valence-electron chi connectivity index (χ1n) is 13.5. The lowest BCUT2D eigenvalue weighted by atomic mass is 10.1. The van der Waals surface area contributed by atoms with E-state index in [2.05, 4.69) is 43.9 Å². The van der Waals surface area contributed by atoms with Crippen LogP contribution in [-0.2, 0) is 4.79 Å². The average molecular weight is 609 g/mol. The third-order valence-corrected chi connectivity index (χ3v) is 8.23. The highest BCUT2D eigenvalue weighted by atomic mass is 32.1. The molecular formula is C30H30F2N6O4S. The van der Waals surface area contributed by atoms with Crippen LogP contribution in [0.2, 0.25) is 0 Å². The number of ether oxygens (including phenoxy) is 2. The molecule has 0 radical (unpaired) electrons. The van der Waals surface area contributed by atoms with Gasteiger partial charge in [-0.1, -0.05) is 13.5 Å². The lowest BCUT2D eigenvalue weighted by Gasteiger charge is -2.35. The van der Waals surface area contributed by atoms with E-state index < -0.39 is 23.0 Å². The number of carbonyl (C=O) groups excluding carboxylic acids is 2. The Balaban J connectivity index is 1.43. The molecule has 1 saturated heterocycles. The maximum Gasteiger partial charge on any atom is 0.247 e. The second kappa shape index (κ2) is 12.7. The standard InChI is InChI=1S/C30H30F2N6O4S/c1-5-25(39)34-19-13-17(38-11-9-37(6-2)10-12-38)7-8-18(19)35-30-33-16-24-20(36-30)14-23(43-24)29(40)26-27(31)21(41-3)15-22(42-4)28(26)32/h5,7-8,13-16H,1,6,9-12H2,2-4H3,(H,34,39)(H,33,35,36). The second-order valence-corrected chi connectivity index (χ2v) is 10.7. The zero-order chi connectivity index (χ0) is 30.7. The van der Waals surface area contributed by atoms with Crippen LogP contribution in [0.1, 0.15) is 22.2 Å². The summed E-state index contributed by atoms with van der Waals surface area (Å²) in [7, 11) is 2.42. The van der Waals surface area contributed by atoms with E-state index in [-0.39, 0.29) is 28.2 Å². The highest BCUT2D eigenvalue weighted by molar-refractivity contribution is 7.20. The number of carbonyl (C=O) groups is 2. The summed E-state index contributed by atoms with van der Waals surface area (Å²) in [5, 5.41) is 5.96. The topological polar surface area (TPSA) is 109 Å². The molecule has 2 N–H and O–H groups in total. The molecule has 4 aromatic rings. The summed E-state index contributed by atoms with van der Waals surface area (Å²) in [5.41, 5.74) is 1.64. The number of nitrogens with one attached hydrogen (secondary N) is 2. The number of fused-ring (bicyclic) bond motifs is 1. The summed E-state index contributed by atoms with van der Waals surface area (Å²) in [6, 6.07) is 8.16. The monoisotopic (exact) mass is 608 g/mol. The van der Waals surface area contributed by atoms with E-state index in [1.54, 1.807) is 0 Å². The summed E-state index contributed by atoms with van der Waals surface area (Å²) >= 11 is 0.999. The van der Waals surface area contributed by atoms with E-state index >= 15 is 0 Å². The molecule has 1 amide bonds. The van der Waals surface area contributed by atoms with E-state index in [1.165, 1.54) is 32.6 Å². The normalized spacial score (nSPS) is 13.6. The van der Waals surface area contributed by atoms with Gasteiger partial charge in [0.2, 0.25) is 17.6 Å². The van der Waals surface area contributed by atoms with Crippen molar-refractivity contribution in [1.82, 2.24) is 14.9 Å². The van der Waals surface area contributed by atoms with Gasteiger partial charge in [-0.05, 0) is 36.9 Å². The first-order chi connectivity index (χ1) is 20.8. The quantitative estimate of drug-likeness (QED) is 0.185. The number of rotatable bonds is 10. The van der Waals surface area contributed by atoms with Crippen LogP contribution in [0.4, 0.5) is 31.8 Å². The Bertz CT molecular complexity index is 1680. The summed E-state index contributed by atoms with van der Waals surface area (Å²) < 4.78 is 40.4. The lowest BCUT2D eigenvalue weighted by Crippen LogP contribution is -2.46. The molecule has 1 aliphatic rings. The minimum absolute atomic E-state index is 0.0565. The molecule has 3 heterocycles. The number of thiophene rings is 1. The number of aromatic nitrogens is 2. The van der Waals surface area contributed by atoms with E-state index in [1.807, 2.05) is 18.2 Å². The number of benzene rings is 2. The minimum Gasteiger partial charge on any atom is -0.494 e. The molecule has 1 aliphatic heterocycles. The summed E-state index contributed by atoms with van der Waals surface area (Å²) in [4.78, 5) is 39.0. The van der Waals surface area contributed by atoms with Gasteiger partial charge in [0.15, 0.2) is 23.1 Å². The van der Waals surface area contributed by atoms with E-state index in [0.29, 0.717) is 21.6 Å². The molecule has 1 fully saturated rings. The number of likely N-dealkylation sites (N-methyl/N-ethyl adjacent to an activating group) is 1. The van der Waals surface area contributed by atoms with Crippen molar-refractivity contribution in [2.24, 2.45) is 0 Å². The Morgan fingerprint density at radius 3 is 2.37 bits per heavy atom. The van der Waals surface area contributed by atoms with Crippen LogP contribution >= 0.6 is 11.3 Å². The SMILES string of the molecule is C=CC(=O)Nc1cc(N2CCN(CC)CC2)ccc1Nc1ncc2sc(C(=O)c3c(F)c(OC)cc(OC)c3F)cc2n1. The zero-order valence-corrected chi connectivity index (χ0v) is 24.7. The van der Waals surface area contributed by atoms with Crippen LogP contribution in [0, 0.1) is 11.6 Å². The van der Waals surface area contributed by atoms with Crippen molar-refractivity contribution < 1.29 is 27.8 Å². The van der Waals surface area contributed by atoms with Gasteiger partial charge in [0.1, 0.15) is 5.56 Å². The van der Waals surface area contributed by atoms with Crippen molar-refractivity contribution in [1.29, 1.82) is 0 Å². The van der Waals surface area contributed by atoms with E-state index in [9.17, 15) is 18.4 Å². The van der Waals surface area contributed by atoms with Gasteiger partial charge in [-0.25, -0.2) is 18.7 Å². The van der Waals surface area contributed by atoms with Crippen molar-refractivity contribution >= 4 is 56.3 Å². The van der Waals surface area contributed by atoms with Crippen LogP contribution < -0.4 is 25.0 Å². The Hall–Kier alpha value is -4.62. The third-order valence-electron chi connectivity index (χ3n) is 7.17. The number of amides is 1. The molecule has 0 aliphatic carbocycles. The van der Waals surface area contributed by atoms with Crippen molar-refractivity contribution in [3.63, 3.8) is 0 Å². The van der Waals surface area contributed by atoms with E-state index in [4.69, 9.17) is 9.47 Å². The first-order valence-corrected chi connectivity index (χ1v) is 14.3. The molecule has 0 atom stereocenters. The first kappa shape index (κ1) is 29.9. The Kier molecular flexibility index (Phi) is 8.83. The average Bonchev–Trinajstić information content (AvgIpc) is 3.45. The molecule has 0 bridgehead atoms. The van der Waals surface area contributed by atoms with Crippen molar-refractivity contribution in [2.75, 3.05) is 62.5 Å². The number of halogens is 2. The molecule has 5 rings (SSSR count). The largest absolute Gasteiger partial charge is 0.494 e. The second-order valence-electron chi connectivity index (χ2n) is 9.64.